The third-order valence-corrected chi connectivity index (χ3v) is 1.99. The molecular weight excluding hydrogens is 214 g/mol. The predicted octanol–water partition coefficient (Wildman–Crippen LogP) is 1.20. The number of hydrogen-bond donors (Lipinski definition) is 2. The number of pyridine rings is 1. The maximum atomic E-state index is 7.26. The van der Waals surface area contributed by atoms with E-state index >= 15 is 0 Å². The Morgan fingerprint density at radius 3 is 2.87 bits per heavy atom. The molecule has 3 N–H and O–H groups in total. The maximum absolute atomic E-state index is 7.26. The van der Waals surface area contributed by atoms with Gasteiger partial charge in [0.15, 0.2) is 5.82 Å². The summed E-state index contributed by atoms with van der Waals surface area (Å²) in [6.45, 7) is 0. The number of nitrogen functional groups attached to an aromatic ring is 1. The molecule has 0 aliphatic rings. The molecule has 0 atom stereocenters. The summed E-state index contributed by atoms with van der Waals surface area (Å²) < 4.78 is 1.52. The van der Waals surface area contributed by atoms with Crippen molar-refractivity contribution in [1.29, 1.82) is 5.41 Å². The minimum Gasteiger partial charge on any atom is -0.382 e. The van der Waals surface area contributed by atoms with Crippen LogP contribution in [0, 0.1) is 5.41 Å². The van der Waals surface area contributed by atoms with Crippen molar-refractivity contribution in [2.24, 2.45) is 5.73 Å². The Bertz CT molecular complexity index is 505. The smallest absolute Gasteiger partial charge is 0.154 e. The second-order valence-corrected chi connectivity index (χ2v) is 3.33. The molecule has 0 aliphatic heterocycles. The number of rotatable bonds is 2. The van der Waals surface area contributed by atoms with E-state index in [1.165, 1.54) is 10.9 Å². The quantitative estimate of drug-likeness (QED) is 0.591. The maximum Gasteiger partial charge on any atom is 0.154 e. The molecule has 2 rings (SSSR count). The van der Waals surface area contributed by atoms with Gasteiger partial charge in [-0.05, 0) is 12.1 Å². The first-order valence-corrected chi connectivity index (χ1v) is 4.56. The largest absolute Gasteiger partial charge is 0.382 e. The standard InChI is InChI=1S/C9H8ClN5/c10-6-4-13-15(5-6)8-3-1-2-7(14-8)9(11)12/h1-5H,(H3,11,12). The van der Waals surface area contributed by atoms with Gasteiger partial charge in [-0.1, -0.05) is 17.7 Å². The molecule has 0 aliphatic carbocycles. The molecule has 0 bridgehead atoms. The van der Waals surface area contributed by atoms with Gasteiger partial charge in [0.05, 0.1) is 17.4 Å². The topological polar surface area (TPSA) is 80.6 Å². The monoisotopic (exact) mass is 221 g/mol. The number of amidine groups is 1. The molecule has 2 heterocycles. The Kier molecular flexibility index (Phi) is 2.39. The van der Waals surface area contributed by atoms with Crippen molar-refractivity contribution in [3.63, 3.8) is 0 Å². The second kappa shape index (κ2) is 3.70. The first-order valence-electron chi connectivity index (χ1n) is 4.19. The van der Waals surface area contributed by atoms with E-state index in [0.29, 0.717) is 16.5 Å². The SMILES string of the molecule is N=C(N)c1cccc(-n2cc(Cl)cn2)n1. The fourth-order valence-corrected chi connectivity index (χ4v) is 1.26. The highest BCUT2D eigenvalue weighted by molar-refractivity contribution is 6.30. The molecule has 0 radical (unpaired) electrons. The van der Waals surface area contributed by atoms with Crippen molar-refractivity contribution in [1.82, 2.24) is 14.8 Å². The molecule has 0 unspecified atom stereocenters. The fraction of sp³-hybridized carbons (Fsp3) is 0. The first-order chi connectivity index (χ1) is 7.16. The molecule has 6 heteroatoms. The zero-order valence-electron chi connectivity index (χ0n) is 7.68. The number of hydrogen-bond acceptors (Lipinski definition) is 3. The molecule has 2 aromatic heterocycles. The van der Waals surface area contributed by atoms with Gasteiger partial charge in [0, 0.05) is 0 Å². The van der Waals surface area contributed by atoms with Crippen LogP contribution in [0.25, 0.3) is 5.82 Å². The van der Waals surface area contributed by atoms with Gasteiger partial charge >= 0.3 is 0 Å². The number of halogens is 1. The van der Waals surface area contributed by atoms with Crippen LogP contribution in [0.1, 0.15) is 5.69 Å². The normalized spacial score (nSPS) is 10.2. The van der Waals surface area contributed by atoms with E-state index in [0.717, 1.165) is 0 Å². The Morgan fingerprint density at radius 1 is 1.47 bits per heavy atom. The summed E-state index contributed by atoms with van der Waals surface area (Å²) in [4.78, 5) is 4.15. The highest BCUT2D eigenvalue weighted by Crippen LogP contribution is 2.10. The average Bonchev–Trinajstić information content (AvgIpc) is 2.65. The molecule has 15 heavy (non-hydrogen) atoms. The molecule has 0 fully saturated rings. The lowest BCUT2D eigenvalue weighted by molar-refractivity contribution is 0.845. The summed E-state index contributed by atoms with van der Waals surface area (Å²) in [6.07, 6.45) is 3.15. The molecule has 0 aromatic carbocycles. The van der Waals surface area contributed by atoms with E-state index in [9.17, 15) is 0 Å². The molecular formula is C9H8ClN5. The van der Waals surface area contributed by atoms with Crippen LogP contribution in [0.4, 0.5) is 0 Å². The van der Waals surface area contributed by atoms with Gasteiger partial charge in [-0.3, -0.25) is 5.41 Å². The molecule has 0 saturated heterocycles. The van der Waals surface area contributed by atoms with Gasteiger partial charge in [-0.2, -0.15) is 5.10 Å². The van der Waals surface area contributed by atoms with Gasteiger partial charge in [0.2, 0.25) is 0 Å². The van der Waals surface area contributed by atoms with Crippen molar-refractivity contribution in [3.05, 3.63) is 41.3 Å². The highest BCUT2D eigenvalue weighted by atomic mass is 35.5. The van der Waals surface area contributed by atoms with Crippen LogP contribution >= 0.6 is 11.6 Å². The fourth-order valence-electron chi connectivity index (χ4n) is 1.13. The molecule has 0 amide bonds. The van der Waals surface area contributed by atoms with Crippen LogP contribution < -0.4 is 5.73 Å². The number of nitrogens with one attached hydrogen (secondary N) is 1. The number of aromatic nitrogens is 3. The van der Waals surface area contributed by atoms with E-state index in [2.05, 4.69) is 10.1 Å². The third kappa shape index (κ3) is 1.97. The zero-order valence-corrected chi connectivity index (χ0v) is 8.44. The summed E-state index contributed by atoms with van der Waals surface area (Å²) in [5.41, 5.74) is 5.75. The molecule has 0 spiro atoms. The lowest BCUT2D eigenvalue weighted by Gasteiger charge is -2.02. The summed E-state index contributed by atoms with van der Waals surface area (Å²) in [7, 11) is 0. The van der Waals surface area contributed by atoms with Crippen molar-refractivity contribution in [2.45, 2.75) is 0 Å². The lowest BCUT2D eigenvalue weighted by atomic mass is 10.3. The summed E-state index contributed by atoms with van der Waals surface area (Å²) >= 11 is 5.73. The minimum absolute atomic E-state index is 0.0740. The van der Waals surface area contributed by atoms with Crippen LogP contribution in [0.3, 0.4) is 0 Å². The van der Waals surface area contributed by atoms with Crippen molar-refractivity contribution >= 4 is 17.4 Å². The van der Waals surface area contributed by atoms with Gasteiger partial charge in [0.1, 0.15) is 11.5 Å². The first kappa shape index (κ1) is 9.67. The van der Waals surface area contributed by atoms with E-state index in [1.54, 1.807) is 24.4 Å². The number of nitrogens with two attached hydrogens (primary N) is 1. The zero-order chi connectivity index (χ0) is 10.8. The predicted molar refractivity (Wildman–Crippen MR) is 57.4 cm³/mol. The second-order valence-electron chi connectivity index (χ2n) is 2.90. The molecule has 5 nitrogen and oxygen atoms in total. The number of nitrogens with zero attached hydrogens (tertiary/aromatic N) is 3. The van der Waals surface area contributed by atoms with Crippen molar-refractivity contribution in [3.8, 4) is 5.82 Å². The van der Waals surface area contributed by atoms with Gasteiger partial charge in [0.25, 0.3) is 0 Å². The highest BCUT2D eigenvalue weighted by Gasteiger charge is 2.03. The van der Waals surface area contributed by atoms with E-state index in [4.69, 9.17) is 22.7 Å². The van der Waals surface area contributed by atoms with E-state index in [1.807, 2.05) is 0 Å². The van der Waals surface area contributed by atoms with Crippen LogP contribution in [0.2, 0.25) is 5.02 Å². The Labute approximate surface area is 91.0 Å². The van der Waals surface area contributed by atoms with Crippen molar-refractivity contribution < 1.29 is 0 Å². The van der Waals surface area contributed by atoms with Crippen LogP contribution in [-0.2, 0) is 0 Å². The summed E-state index contributed by atoms with van der Waals surface area (Å²) in [6, 6.07) is 5.18. The Balaban J connectivity index is 2.45. The summed E-state index contributed by atoms with van der Waals surface area (Å²) in [5, 5.41) is 11.8. The molecule has 76 valence electrons. The van der Waals surface area contributed by atoms with Gasteiger partial charge in [-0.15, -0.1) is 0 Å². The van der Waals surface area contributed by atoms with E-state index < -0.39 is 0 Å². The van der Waals surface area contributed by atoms with Crippen LogP contribution in [0.15, 0.2) is 30.6 Å². The molecule has 0 saturated carbocycles. The minimum atomic E-state index is -0.0740. The Hall–Kier alpha value is -1.88. The van der Waals surface area contributed by atoms with Gasteiger partial charge in [-0.25, -0.2) is 9.67 Å². The third-order valence-electron chi connectivity index (χ3n) is 1.80. The Morgan fingerprint density at radius 2 is 2.27 bits per heavy atom. The lowest BCUT2D eigenvalue weighted by Crippen LogP contribution is -2.14. The van der Waals surface area contributed by atoms with Crippen LogP contribution in [0.5, 0.6) is 0 Å². The summed E-state index contributed by atoms with van der Waals surface area (Å²) in [5.74, 6) is 0.504. The molecule has 2 aromatic rings. The average molecular weight is 222 g/mol. The van der Waals surface area contributed by atoms with Crippen molar-refractivity contribution in [2.75, 3.05) is 0 Å². The van der Waals surface area contributed by atoms with E-state index in [-0.39, 0.29) is 5.84 Å². The van der Waals surface area contributed by atoms with Gasteiger partial charge < -0.3 is 5.73 Å². The van der Waals surface area contributed by atoms with Crippen LogP contribution in [-0.4, -0.2) is 20.6 Å².